The summed E-state index contributed by atoms with van der Waals surface area (Å²) in [4.78, 5) is 25.9. The quantitative estimate of drug-likeness (QED) is 0.889. The van der Waals surface area contributed by atoms with Crippen LogP contribution in [0.1, 0.15) is 32.4 Å². The Bertz CT molecular complexity index is 584. The third kappa shape index (κ3) is 3.39. The molecule has 1 aromatic rings. The molecular weight excluding hydrogens is 296 g/mol. The van der Waals surface area contributed by atoms with Gasteiger partial charge in [0.2, 0.25) is 11.8 Å². The second-order valence-electron chi connectivity index (χ2n) is 6.03. The minimum Gasteiger partial charge on any atom is -0.378 e. The lowest BCUT2D eigenvalue weighted by molar-refractivity contribution is -0.134. The van der Waals surface area contributed by atoms with Gasteiger partial charge in [-0.3, -0.25) is 14.3 Å². The van der Waals surface area contributed by atoms with Gasteiger partial charge in [-0.25, -0.2) is 0 Å². The van der Waals surface area contributed by atoms with Crippen molar-refractivity contribution < 1.29 is 14.3 Å². The molecule has 1 aliphatic carbocycles. The number of aryl methyl sites for hydroxylation is 1. The van der Waals surface area contributed by atoms with Crippen LogP contribution in [0.25, 0.3) is 0 Å². The van der Waals surface area contributed by atoms with Gasteiger partial charge in [0.15, 0.2) is 0 Å². The highest BCUT2D eigenvalue weighted by Crippen LogP contribution is 2.32. The molecule has 3 atom stereocenters. The van der Waals surface area contributed by atoms with E-state index in [1.807, 2.05) is 18.5 Å². The molecule has 0 spiro atoms. The fourth-order valence-corrected chi connectivity index (χ4v) is 3.31. The lowest BCUT2D eigenvalue weighted by atomic mass is 10.0. The van der Waals surface area contributed by atoms with E-state index in [-0.39, 0.29) is 29.9 Å². The maximum Gasteiger partial charge on any atom is 0.230 e. The van der Waals surface area contributed by atoms with Gasteiger partial charge in [-0.2, -0.15) is 5.10 Å². The molecule has 23 heavy (non-hydrogen) atoms. The Morgan fingerprint density at radius 1 is 1.48 bits per heavy atom. The molecule has 0 aromatic carbocycles. The van der Waals surface area contributed by atoms with E-state index < -0.39 is 0 Å². The normalized spacial score (nSPS) is 23.8. The number of carbonyl (C=O) groups is 2. The zero-order valence-electron chi connectivity index (χ0n) is 14.5. The lowest BCUT2D eigenvalue weighted by Crippen LogP contribution is -2.45. The van der Waals surface area contributed by atoms with Crippen molar-refractivity contribution in [2.24, 2.45) is 5.92 Å². The average Bonchev–Trinajstić information content (AvgIpc) is 3.10. The van der Waals surface area contributed by atoms with Gasteiger partial charge in [0, 0.05) is 27.6 Å². The van der Waals surface area contributed by atoms with Crippen LogP contribution in [0.2, 0.25) is 0 Å². The summed E-state index contributed by atoms with van der Waals surface area (Å²) >= 11 is 0. The number of likely N-dealkylation sites (N-methyl/N-ethyl adjacent to an activating group) is 1. The summed E-state index contributed by atoms with van der Waals surface area (Å²) in [5.74, 6) is -0.357. The number of rotatable bonds is 5. The summed E-state index contributed by atoms with van der Waals surface area (Å²) < 4.78 is 7.39. The molecule has 0 aliphatic heterocycles. The molecule has 1 aromatic heterocycles. The Hall–Kier alpha value is -1.89. The highest BCUT2D eigenvalue weighted by atomic mass is 16.5. The summed E-state index contributed by atoms with van der Waals surface area (Å²) in [5, 5.41) is 7.19. The van der Waals surface area contributed by atoms with Crippen molar-refractivity contribution >= 4 is 17.5 Å². The van der Waals surface area contributed by atoms with E-state index in [0.29, 0.717) is 6.42 Å². The van der Waals surface area contributed by atoms with E-state index in [9.17, 15) is 9.59 Å². The van der Waals surface area contributed by atoms with Crippen LogP contribution in [-0.4, -0.2) is 52.8 Å². The van der Waals surface area contributed by atoms with Crippen molar-refractivity contribution in [2.75, 3.05) is 19.5 Å². The minimum absolute atomic E-state index is 0.0156. The van der Waals surface area contributed by atoms with Crippen LogP contribution in [-0.2, 0) is 20.9 Å². The number of aromatic nitrogens is 2. The van der Waals surface area contributed by atoms with Crippen LogP contribution in [0.5, 0.6) is 0 Å². The SMILES string of the molecule is CCn1ncc(NC(=O)[C@@H]2CC[C@@H](N(C)C(C)=O)[C@H]2OC)c1C. The molecule has 1 N–H and O–H groups in total. The number of hydrogen-bond acceptors (Lipinski definition) is 4. The second-order valence-corrected chi connectivity index (χ2v) is 6.03. The van der Waals surface area contributed by atoms with Crippen LogP contribution in [0, 0.1) is 12.8 Å². The summed E-state index contributed by atoms with van der Waals surface area (Å²) in [5.41, 5.74) is 1.67. The van der Waals surface area contributed by atoms with Gasteiger partial charge >= 0.3 is 0 Å². The molecule has 0 saturated heterocycles. The number of methoxy groups -OCH3 is 1. The Morgan fingerprint density at radius 2 is 2.17 bits per heavy atom. The smallest absolute Gasteiger partial charge is 0.230 e. The Kier molecular flexibility index (Phi) is 5.41. The molecule has 128 valence electrons. The van der Waals surface area contributed by atoms with Crippen LogP contribution < -0.4 is 5.32 Å². The molecule has 1 aliphatic rings. The molecule has 0 bridgehead atoms. The van der Waals surface area contributed by atoms with Crippen LogP contribution in [0.15, 0.2) is 6.20 Å². The highest BCUT2D eigenvalue weighted by molar-refractivity contribution is 5.93. The summed E-state index contributed by atoms with van der Waals surface area (Å²) in [6.45, 7) is 6.23. The number of anilines is 1. The van der Waals surface area contributed by atoms with E-state index in [0.717, 1.165) is 24.3 Å². The lowest BCUT2D eigenvalue weighted by Gasteiger charge is -2.29. The molecule has 1 heterocycles. The maximum atomic E-state index is 12.6. The van der Waals surface area contributed by atoms with E-state index in [1.165, 1.54) is 6.92 Å². The topological polar surface area (TPSA) is 76.5 Å². The summed E-state index contributed by atoms with van der Waals surface area (Å²) in [6.07, 6.45) is 2.85. The Labute approximate surface area is 137 Å². The molecule has 7 heteroatoms. The third-order valence-electron chi connectivity index (χ3n) is 4.81. The first-order chi connectivity index (χ1) is 10.9. The van der Waals surface area contributed by atoms with Crippen LogP contribution in [0.4, 0.5) is 5.69 Å². The van der Waals surface area contributed by atoms with Gasteiger partial charge in [0.1, 0.15) is 0 Å². The Balaban J connectivity index is 2.10. The van der Waals surface area contributed by atoms with Crippen molar-refractivity contribution in [2.45, 2.75) is 52.3 Å². The average molecular weight is 322 g/mol. The van der Waals surface area contributed by atoms with E-state index in [4.69, 9.17) is 4.74 Å². The molecule has 1 fully saturated rings. The zero-order valence-corrected chi connectivity index (χ0v) is 14.5. The van der Waals surface area contributed by atoms with Gasteiger partial charge in [-0.1, -0.05) is 0 Å². The number of carbonyl (C=O) groups excluding carboxylic acids is 2. The summed E-state index contributed by atoms with van der Waals surface area (Å²) in [6, 6.07) is -0.0623. The first-order valence-electron chi connectivity index (χ1n) is 8.00. The zero-order chi connectivity index (χ0) is 17.1. The first-order valence-corrected chi connectivity index (χ1v) is 8.00. The molecule has 7 nitrogen and oxygen atoms in total. The van der Waals surface area contributed by atoms with E-state index >= 15 is 0 Å². The predicted molar refractivity (Wildman–Crippen MR) is 87.0 cm³/mol. The summed E-state index contributed by atoms with van der Waals surface area (Å²) in [7, 11) is 3.35. The van der Waals surface area contributed by atoms with Crippen molar-refractivity contribution in [1.82, 2.24) is 14.7 Å². The van der Waals surface area contributed by atoms with Crippen LogP contribution >= 0.6 is 0 Å². The molecule has 2 rings (SSSR count). The van der Waals surface area contributed by atoms with Gasteiger partial charge in [0.25, 0.3) is 0 Å². The predicted octanol–water partition coefficient (Wildman–Crippen LogP) is 1.42. The molecule has 0 radical (unpaired) electrons. The van der Waals surface area contributed by atoms with Crippen molar-refractivity contribution in [3.63, 3.8) is 0 Å². The van der Waals surface area contributed by atoms with Crippen molar-refractivity contribution in [3.05, 3.63) is 11.9 Å². The Morgan fingerprint density at radius 3 is 2.70 bits per heavy atom. The van der Waals surface area contributed by atoms with E-state index in [1.54, 1.807) is 25.3 Å². The fourth-order valence-electron chi connectivity index (χ4n) is 3.31. The van der Waals surface area contributed by atoms with Gasteiger partial charge < -0.3 is 15.0 Å². The van der Waals surface area contributed by atoms with Crippen molar-refractivity contribution in [1.29, 1.82) is 0 Å². The number of amides is 2. The van der Waals surface area contributed by atoms with Gasteiger partial charge in [-0.15, -0.1) is 0 Å². The highest BCUT2D eigenvalue weighted by Gasteiger charge is 2.43. The second kappa shape index (κ2) is 7.12. The third-order valence-corrected chi connectivity index (χ3v) is 4.81. The molecule has 0 unspecified atom stereocenters. The monoisotopic (exact) mass is 322 g/mol. The van der Waals surface area contributed by atoms with Crippen molar-refractivity contribution in [3.8, 4) is 0 Å². The van der Waals surface area contributed by atoms with Gasteiger partial charge in [0.05, 0.1) is 35.6 Å². The molecule has 1 saturated carbocycles. The number of nitrogens with zero attached hydrogens (tertiary/aromatic N) is 3. The first kappa shape index (κ1) is 17.5. The van der Waals surface area contributed by atoms with E-state index in [2.05, 4.69) is 10.4 Å². The molecular formula is C16H26N4O3. The molecule has 2 amide bonds. The largest absolute Gasteiger partial charge is 0.378 e. The fraction of sp³-hybridized carbons (Fsp3) is 0.688. The maximum absolute atomic E-state index is 12.6. The number of ether oxygens (including phenoxy) is 1. The van der Waals surface area contributed by atoms with Gasteiger partial charge in [-0.05, 0) is 26.7 Å². The standard InChI is InChI=1S/C16H26N4O3/c1-6-20-10(2)13(9-17-20)18-16(22)12-7-8-14(15(12)23-5)19(4)11(3)21/h9,12,14-15H,6-8H2,1-5H3,(H,18,22)/t12-,14-,15+/m1/s1. The number of hydrogen-bond donors (Lipinski definition) is 1. The number of nitrogens with one attached hydrogen (secondary N) is 1. The minimum atomic E-state index is -0.287. The van der Waals surface area contributed by atoms with Crippen LogP contribution in [0.3, 0.4) is 0 Å².